The Balaban J connectivity index is 1.25. The summed E-state index contributed by atoms with van der Waals surface area (Å²) >= 11 is 1.47. The molecule has 6 N–H and O–H groups in total. The lowest BCUT2D eigenvalue weighted by Gasteiger charge is -2.59. The number of hydrogen-bond donors (Lipinski definition) is 6. The molecular formula is C42H57N5O9S. The van der Waals surface area contributed by atoms with Gasteiger partial charge in [-0.2, -0.15) is 11.8 Å². The Kier molecular flexibility index (Phi) is 14.5. The molecule has 4 aliphatic rings. The largest absolute Gasteiger partial charge is 0.508 e. The quantitative estimate of drug-likeness (QED) is 0.129. The van der Waals surface area contributed by atoms with Crippen LogP contribution in [0.3, 0.4) is 0 Å². The molecular weight excluding hydrogens is 751 g/mol. The Bertz CT molecular complexity index is 1740. The van der Waals surface area contributed by atoms with E-state index in [2.05, 4.69) is 26.6 Å². The van der Waals surface area contributed by atoms with Crippen molar-refractivity contribution in [3.8, 4) is 5.75 Å². The van der Waals surface area contributed by atoms with Gasteiger partial charge in [0.1, 0.15) is 29.5 Å². The fourth-order valence-electron chi connectivity index (χ4n) is 8.95. The highest BCUT2D eigenvalue weighted by Crippen LogP contribution is 2.60. The molecule has 310 valence electrons. The van der Waals surface area contributed by atoms with Crippen LogP contribution in [-0.4, -0.2) is 96.2 Å². The lowest BCUT2D eigenvalue weighted by molar-refractivity contribution is -0.175. The highest BCUT2D eigenvalue weighted by Gasteiger charge is 2.62. The summed E-state index contributed by atoms with van der Waals surface area (Å²) in [5.74, 6) is -1.06. The van der Waals surface area contributed by atoms with Crippen molar-refractivity contribution in [3.05, 3.63) is 65.7 Å². The molecule has 3 unspecified atom stereocenters. The minimum absolute atomic E-state index is 0.0407. The molecule has 6 rings (SSSR count). The summed E-state index contributed by atoms with van der Waals surface area (Å²) < 4.78 is 10.7. The maximum atomic E-state index is 14.1. The molecule has 0 spiro atoms. The Morgan fingerprint density at radius 2 is 1.42 bits per heavy atom. The van der Waals surface area contributed by atoms with Crippen molar-refractivity contribution in [2.24, 2.45) is 23.2 Å². The number of hydrogen-bond acceptors (Lipinski definition) is 10. The van der Waals surface area contributed by atoms with Crippen molar-refractivity contribution < 1.29 is 43.3 Å². The molecule has 15 heteroatoms. The van der Waals surface area contributed by atoms with Gasteiger partial charge in [0.05, 0.1) is 19.1 Å². The molecule has 0 aliphatic heterocycles. The second-order valence-electron chi connectivity index (χ2n) is 16.7. The van der Waals surface area contributed by atoms with E-state index in [-0.39, 0.29) is 36.9 Å². The standard InChI is InChI=1S/C42H57N5O9S/c1-41(2,3)56-40(54)46-33(21-26-11-13-30(48)14-12-26)37(51)45-31(15-16-57-5)36(50)43-24-34(49)44-32(20-25-9-7-6-8-10-25)38(52)47-35-29-18-27-17-28(19-29)23-42(35,22-27)39(53)55-4/h6-14,27-29,31-33,35,48H,15-24H2,1-5H3,(H,43,50)(H,44,49)(H,45,51)(H,46,54)(H,47,52)/t27?,28?,29?,31-,32+,33+,35?,42?/m1/s1. The molecule has 0 radical (unpaired) electrons. The molecule has 14 nitrogen and oxygen atoms in total. The van der Waals surface area contributed by atoms with Crippen molar-refractivity contribution in [2.45, 2.75) is 102 Å². The fourth-order valence-corrected chi connectivity index (χ4v) is 9.42. The Labute approximate surface area is 338 Å². The van der Waals surface area contributed by atoms with E-state index in [0.717, 1.165) is 24.8 Å². The van der Waals surface area contributed by atoms with E-state index < -0.39 is 71.5 Å². The van der Waals surface area contributed by atoms with Gasteiger partial charge in [-0.25, -0.2) is 4.79 Å². The number of carbonyl (C=O) groups excluding carboxylic acids is 6. The van der Waals surface area contributed by atoms with Crippen LogP contribution in [0.15, 0.2) is 54.6 Å². The maximum Gasteiger partial charge on any atom is 0.408 e. The number of thioether (sulfide) groups is 1. The van der Waals surface area contributed by atoms with Crippen LogP contribution in [0.2, 0.25) is 0 Å². The first-order valence-electron chi connectivity index (χ1n) is 19.7. The lowest BCUT2D eigenvalue weighted by atomic mass is 9.47. The van der Waals surface area contributed by atoms with Gasteiger partial charge in [-0.15, -0.1) is 0 Å². The first-order chi connectivity index (χ1) is 27.1. The zero-order valence-corrected chi connectivity index (χ0v) is 34.2. The average molecular weight is 808 g/mol. The van der Waals surface area contributed by atoms with E-state index in [0.29, 0.717) is 36.0 Å². The Morgan fingerprint density at radius 1 is 0.807 bits per heavy atom. The molecule has 4 saturated carbocycles. The SMILES string of the molecule is COC(=O)C12CC3CC(CC(C3)C1NC(=O)[C@H](Cc1ccccc1)NC(=O)CNC(=O)[C@@H](CCSC)NC(=O)[C@H](Cc1ccc(O)cc1)NC(=O)OC(C)(C)C)C2. The number of rotatable bonds is 17. The van der Waals surface area contributed by atoms with Crippen LogP contribution >= 0.6 is 11.8 Å². The number of amides is 5. The van der Waals surface area contributed by atoms with E-state index in [1.807, 2.05) is 36.6 Å². The number of phenols is 1. The normalized spacial score (nSPS) is 23.6. The topological polar surface area (TPSA) is 201 Å². The number of phenolic OH excluding ortho intramolecular Hbond substituents is 1. The summed E-state index contributed by atoms with van der Waals surface area (Å²) in [5.41, 5.74) is -0.164. The monoisotopic (exact) mass is 807 g/mol. The van der Waals surface area contributed by atoms with Gasteiger partial charge in [-0.1, -0.05) is 42.5 Å². The first kappa shape index (κ1) is 43.3. The summed E-state index contributed by atoms with van der Waals surface area (Å²) in [4.78, 5) is 80.9. The molecule has 57 heavy (non-hydrogen) atoms. The highest BCUT2D eigenvalue weighted by molar-refractivity contribution is 7.98. The molecule has 4 aliphatic carbocycles. The molecule has 4 fully saturated rings. The van der Waals surface area contributed by atoms with E-state index >= 15 is 0 Å². The van der Waals surface area contributed by atoms with Crippen LogP contribution in [0.1, 0.15) is 70.4 Å². The van der Waals surface area contributed by atoms with Gasteiger partial charge in [-0.05, 0) is 112 Å². The van der Waals surface area contributed by atoms with Gasteiger partial charge >= 0.3 is 12.1 Å². The third-order valence-electron chi connectivity index (χ3n) is 11.2. The van der Waals surface area contributed by atoms with E-state index in [4.69, 9.17) is 9.47 Å². The van der Waals surface area contributed by atoms with Crippen LogP contribution in [0.4, 0.5) is 4.79 Å². The molecule has 0 heterocycles. The smallest absolute Gasteiger partial charge is 0.408 e. The summed E-state index contributed by atoms with van der Waals surface area (Å²) in [7, 11) is 1.39. The number of aromatic hydroxyl groups is 1. The number of benzene rings is 2. The summed E-state index contributed by atoms with van der Waals surface area (Å²) in [6.45, 7) is 4.61. The van der Waals surface area contributed by atoms with Crippen LogP contribution in [0.25, 0.3) is 0 Å². The average Bonchev–Trinajstić information content (AvgIpc) is 3.16. The second-order valence-corrected chi connectivity index (χ2v) is 17.7. The predicted molar refractivity (Wildman–Crippen MR) is 215 cm³/mol. The summed E-state index contributed by atoms with van der Waals surface area (Å²) in [5, 5.41) is 23.7. The van der Waals surface area contributed by atoms with Gasteiger partial charge in [0.2, 0.25) is 23.6 Å². The number of esters is 1. The number of carbonyl (C=O) groups is 6. The fraction of sp³-hybridized carbons (Fsp3) is 0.571. The van der Waals surface area contributed by atoms with Crippen molar-refractivity contribution in [2.75, 3.05) is 25.7 Å². The van der Waals surface area contributed by atoms with Crippen LogP contribution in [0, 0.1) is 23.2 Å². The van der Waals surface area contributed by atoms with Crippen LogP contribution in [0.5, 0.6) is 5.75 Å². The molecule has 4 bridgehead atoms. The third kappa shape index (κ3) is 11.6. The highest BCUT2D eigenvalue weighted by atomic mass is 32.2. The van der Waals surface area contributed by atoms with Gasteiger partial charge < -0.3 is 41.2 Å². The van der Waals surface area contributed by atoms with Crippen molar-refractivity contribution in [1.29, 1.82) is 0 Å². The molecule has 5 amide bonds. The van der Waals surface area contributed by atoms with Crippen LogP contribution < -0.4 is 26.6 Å². The molecule has 2 aromatic carbocycles. The van der Waals surface area contributed by atoms with Crippen molar-refractivity contribution in [1.82, 2.24) is 26.6 Å². The first-order valence-corrected chi connectivity index (χ1v) is 21.0. The Hall–Kier alpha value is -4.79. The predicted octanol–water partition coefficient (Wildman–Crippen LogP) is 3.39. The number of methoxy groups -OCH3 is 1. The number of nitrogens with one attached hydrogen (secondary N) is 5. The summed E-state index contributed by atoms with van der Waals surface area (Å²) in [6, 6.07) is 11.8. The minimum Gasteiger partial charge on any atom is -0.508 e. The number of alkyl carbamates (subject to hydrolysis) is 1. The maximum absolute atomic E-state index is 14.1. The second kappa shape index (κ2) is 19.1. The van der Waals surface area contributed by atoms with E-state index in [1.54, 1.807) is 32.9 Å². The molecule has 0 saturated heterocycles. The van der Waals surface area contributed by atoms with Gasteiger partial charge in [0, 0.05) is 18.9 Å². The molecule has 2 aromatic rings. The van der Waals surface area contributed by atoms with Crippen molar-refractivity contribution in [3.63, 3.8) is 0 Å². The molecule has 0 aromatic heterocycles. The Morgan fingerprint density at radius 3 is 2.02 bits per heavy atom. The van der Waals surface area contributed by atoms with Gasteiger partial charge in [0.15, 0.2) is 0 Å². The van der Waals surface area contributed by atoms with Gasteiger partial charge in [-0.3, -0.25) is 24.0 Å². The van der Waals surface area contributed by atoms with Crippen molar-refractivity contribution >= 4 is 47.5 Å². The minimum atomic E-state index is -1.14. The zero-order chi connectivity index (χ0) is 41.3. The number of ether oxygens (including phenoxy) is 2. The van der Waals surface area contributed by atoms with E-state index in [9.17, 15) is 33.9 Å². The van der Waals surface area contributed by atoms with E-state index in [1.165, 1.54) is 31.0 Å². The van der Waals surface area contributed by atoms with Crippen LogP contribution in [-0.2, 0) is 46.3 Å². The molecule has 6 atom stereocenters. The third-order valence-corrected chi connectivity index (χ3v) is 11.8. The lowest BCUT2D eigenvalue weighted by Crippen LogP contribution is -2.67. The zero-order valence-electron chi connectivity index (χ0n) is 33.4. The van der Waals surface area contributed by atoms with Gasteiger partial charge in [0.25, 0.3) is 0 Å². The summed E-state index contributed by atoms with van der Waals surface area (Å²) in [6.07, 6.45) is 5.79.